The summed E-state index contributed by atoms with van der Waals surface area (Å²) in [4.78, 5) is 23.3. The maximum atomic E-state index is 11.6. The first-order chi connectivity index (χ1) is 9.60. The molecule has 0 aromatic carbocycles. The molecule has 0 radical (unpaired) electrons. The van der Waals surface area contributed by atoms with Crippen molar-refractivity contribution in [3.63, 3.8) is 0 Å². The molecule has 1 amide bonds. The normalized spacial score (nSPS) is 12.1. The first-order valence-electron chi connectivity index (χ1n) is 5.53. The molecule has 0 fully saturated rings. The predicted molar refractivity (Wildman–Crippen MR) is 67.8 cm³/mol. The van der Waals surface area contributed by atoms with Gasteiger partial charge in [-0.1, -0.05) is 0 Å². The molecule has 0 bridgehead atoms. The average molecular weight is 297 g/mol. The lowest BCUT2D eigenvalue weighted by Gasteiger charge is -2.10. The number of aliphatic carboxylic acids is 1. The van der Waals surface area contributed by atoms with Gasteiger partial charge in [-0.2, -0.15) is 16.1 Å². The molecule has 0 saturated carbocycles. The fourth-order valence-corrected chi connectivity index (χ4v) is 2.01. The van der Waals surface area contributed by atoms with E-state index in [1.165, 1.54) is 11.3 Å². The number of hydrogen-bond donors (Lipinski definition) is 3. The Morgan fingerprint density at radius 3 is 2.90 bits per heavy atom. The van der Waals surface area contributed by atoms with E-state index in [9.17, 15) is 9.59 Å². The second kappa shape index (κ2) is 6.21. The summed E-state index contributed by atoms with van der Waals surface area (Å²) in [5.74, 6) is -1.55. The summed E-state index contributed by atoms with van der Waals surface area (Å²) in [6, 6.07) is 0.473. The number of carboxylic acids is 1. The zero-order valence-electron chi connectivity index (χ0n) is 10.1. The predicted octanol–water partition coefficient (Wildman–Crippen LogP) is -1.04. The van der Waals surface area contributed by atoms with E-state index in [1.807, 2.05) is 16.8 Å². The van der Waals surface area contributed by atoms with Crippen molar-refractivity contribution in [1.82, 2.24) is 25.5 Å². The highest BCUT2D eigenvalue weighted by Gasteiger charge is 2.19. The number of carboxylic acid groups (broad SMARTS) is 1. The van der Waals surface area contributed by atoms with Crippen LogP contribution in [0.3, 0.4) is 0 Å². The Balaban J connectivity index is 1.97. The number of hydrogen-bond acceptors (Lipinski definition) is 7. The maximum absolute atomic E-state index is 11.6. The summed E-state index contributed by atoms with van der Waals surface area (Å²) in [6.07, 6.45) is 0. The van der Waals surface area contributed by atoms with E-state index >= 15 is 0 Å². The molecule has 106 valence electrons. The molecular formula is C10H11N5O4S. The van der Waals surface area contributed by atoms with Gasteiger partial charge in [-0.05, 0) is 16.7 Å². The molecule has 20 heavy (non-hydrogen) atoms. The molecule has 0 aliphatic carbocycles. The van der Waals surface area contributed by atoms with E-state index < -0.39 is 24.5 Å². The van der Waals surface area contributed by atoms with E-state index in [0.29, 0.717) is 5.82 Å². The Morgan fingerprint density at radius 2 is 2.30 bits per heavy atom. The van der Waals surface area contributed by atoms with Crippen LogP contribution in [0.4, 0.5) is 0 Å². The van der Waals surface area contributed by atoms with E-state index in [1.54, 1.807) is 0 Å². The van der Waals surface area contributed by atoms with E-state index in [0.717, 1.165) is 10.4 Å². The lowest BCUT2D eigenvalue weighted by molar-refractivity contribution is -0.143. The van der Waals surface area contributed by atoms with Gasteiger partial charge >= 0.3 is 5.97 Å². The number of thiophene rings is 1. The van der Waals surface area contributed by atoms with Crippen LogP contribution in [0.25, 0.3) is 11.4 Å². The Bertz CT molecular complexity index is 597. The van der Waals surface area contributed by atoms with Crippen LogP contribution in [0.15, 0.2) is 16.8 Å². The number of aromatic nitrogens is 4. The third-order valence-corrected chi connectivity index (χ3v) is 3.02. The Hall–Kier alpha value is -2.33. The molecule has 3 N–H and O–H groups in total. The molecule has 0 aliphatic rings. The van der Waals surface area contributed by atoms with Crippen LogP contribution in [0.5, 0.6) is 0 Å². The number of aliphatic hydroxyl groups is 1. The second-order valence-corrected chi connectivity index (χ2v) is 4.58. The van der Waals surface area contributed by atoms with Crippen LogP contribution in [0.1, 0.15) is 0 Å². The van der Waals surface area contributed by atoms with Gasteiger partial charge in [0.05, 0.1) is 6.61 Å². The van der Waals surface area contributed by atoms with Crippen molar-refractivity contribution in [1.29, 1.82) is 0 Å². The Morgan fingerprint density at radius 1 is 1.50 bits per heavy atom. The zero-order valence-corrected chi connectivity index (χ0v) is 10.9. The van der Waals surface area contributed by atoms with E-state index in [4.69, 9.17) is 10.2 Å². The van der Waals surface area contributed by atoms with Crippen molar-refractivity contribution >= 4 is 23.2 Å². The van der Waals surface area contributed by atoms with Crippen LogP contribution in [0, 0.1) is 0 Å². The Kier molecular flexibility index (Phi) is 4.38. The van der Waals surface area contributed by atoms with Crippen LogP contribution in [-0.2, 0) is 16.1 Å². The number of nitrogens with one attached hydrogen (secondary N) is 1. The molecule has 2 rings (SSSR count). The number of tetrazole rings is 1. The molecule has 2 heterocycles. The molecule has 0 unspecified atom stereocenters. The van der Waals surface area contributed by atoms with Gasteiger partial charge in [0.2, 0.25) is 11.7 Å². The van der Waals surface area contributed by atoms with Crippen molar-refractivity contribution in [2.24, 2.45) is 0 Å². The van der Waals surface area contributed by atoms with E-state index in [2.05, 4.69) is 20.7 Å². The van der Waals surface area contributed by atoms with Crippen molar-refractivity contribution < 1.29 is 19.8 Å². The summed E-state index contributed by atoms with van der Waals surface area (Å²) in [5.41, 5.74) is 0.792. The molecular weight excluding hydrogens is 286 g/mol. The van der Waals surface area contributed by atoms with Gasteiger partial charge < -0.3 is 15.5 Å². The lowest BCUT2D eigenvalue weighted by atomic mass is 10.3. The van der Waals surface area contributed by atoms with Crippen molar-refractivity contribution in [2.45, 2.75) is 12.6 Å². The summed E-state index contributed by atoms with van der Waals surface area (Å²) >= 11 is 1.48. The van der Waals surface area contributed by atoms with Crippen molar-refractivity contribution in [2.75, 3.05) is 6.61 Å². The smallest absolute Gasteiger partial charge is 0.328 e. The summed E-state index contributed by atoms with van der Waals surface area (Å²) in [7, 11) is 0. The molecule has 1 atom stereocenters. The summed E-state index contributed by atoms with van der Waals surface area (Å²) in [6.45, 7) is -0.965. The average Bonchev–Trinajstić information content (AvgIpc) is 3.05. The molecule has 2 aromatic heterocycles. The Labute approximate surface area is 116 Å². The minimum Gasteiger partial charge on any atom is -0.480 e. The highest BCUT2D eigenvalue weighted by atomic mass is 32.1. The molecule has 0 aliphatic heterocycles. The van der Waals surface area contributed by atoms with Crippen LogP contribution in [-0.4, -0.2) is 54.9 Å². The standard InChI is InChI=1S/C10H11N5O4S/c16-4-7(10(18)19)11-8(17)3-15-13-9(12-14-15)6-1-2-20-5-6/h1-2,5,7,16H,3-4H2,(H,11,17)(H,18,19)/t7-/m0/s1. The highest BCUT2D eigenvalue weighted by Crippen LogP contribution is 2.16. The quantitative estimate of drug-likeness (QED) is 0.621. The maximum Gasteiger partial charge on any atom is 0.328 e. The van der Waals surface area contributed by atoms with Gasteiger partial charge in [0.1, 0.15) is 12.6 Å². The number of amides is 1. The van der Waals surface area contributed by atoms with Gasteiger partial charge in [0.15, 0.2) is 0 Å². The largest absolute Gasteiger partial charge is 0.480 e. The number of nitrogens with zero attached hydrogens (tertiary/aromatic N) is 4. The summed E-state index contributed by atoms with van der Waals surface area (Å²) < 4.78 is 0. The van der Waals surface area contributed by atoms with Crippen LogP contribution in [0.2, 0.25) is 0 Å². The van der Waals surface area contributed by atoms with Crippen molar-refractivity contribution in [3.8, 4) is 11.4 Å². The van der Waals surface area contributed by atoms with Gasteiger partial charge in [-0.25, -0.2) is 4.79 Å². The highest BCUT2D eigenvalue weighted by molar-refractivity contribution is 7.08. The molecule has 9 nitrogen and oxygen atoms in total. The number of rotatable bonds is 6. The minimum atomic E-state index is -1.35. The number of carbonyl (C=O) groups excluding carboxylic acids is 1. The fraction of sp³-hybridized carbons (Fsp3) is 0.300. The lowest BCUT2D eigenvalue weighted by Crippen LogP contribution is -2.44. The first kappa shape index (κ1) is 14.1. The minimum absolute atomic E-state index is 0.277. The number of carbonyl (C=O) groups is 2. The van der Waals surface area contributed by atoms with Crippen LogP contribution >= 0.6 is 11.3 Å². The number of aliphatic hydroxyl groups excluding tert-OH is 1. The second-order valence-electron chi connectivity index (χ2n) is 3.80. The molecule has 0 spiro atoms. The monoisotopic (exact) mass is 297 g/mol. The van der Waals surface area contributed by atoms with Gasteiger partial charge in [-0.15, -0.1) is 10.2 Å². The van der Waals surface area contributed by atoms with Crippen LogP contribution < -0.4 is 5.32 Å². The third-order valence-electron chi connectivity index (χ3n) is 2.33. The summed E-state index contributed by atoms with van der Waals surface area (Å²) in [5, 5.41) is 34.8. The van der Waals surface area contributed by atoms with E-state index in [-0.39, 0.29) is 6.54 Å². The van der Waals surface area contributed by atoms with Crippen molar-refractivity contribution in [3.05, 3.63) is 16.8 Å². The third kappa shape index (κ3) is 3.36. The zero-order chi connectivity index (χ0) is 14.5. The molecule has 0 saturated heterocycles. The SMILES string of the molecule is O=C(Cn1nnc(-c2ccsc2)n1)N[C@@H](CO)C(=O)O. The van der Waals surface area contributed by atoms with Gasteiger partial charge in [0.25, 0.3) is 0 Å². The first-order valence-corrected chi connectivity index (χ1v) is 6.48. The molecule has 10 heteroatoms. The fourth-order valence-electron chi connectivity index (χ4n) is 1.37. The van der Waals surface area contributed by atoms with Gasteiger partial charge in [-0.3, -0.25) is 4.79 Å². The molecule has 2 aromatic rings. The van der Waals surface area contributed by atoms with Gasteiger partial charge in [0, 0.05) is 10.9 Å². The topological polar surface area (TPSA) is 130 Å².